The number of fused-ring (bicyclic) bond motifs is 1. The molecule has 0 bridgehead atoms. The Morgan fingerprint density at radius 1 is 1.06 bits per heavy atom. The maximum absolute atomic E-state index is 13.2. The van der Waals surface area contributed by atoms with Gasteiger partial charge in [-0.05, 0) is 43.2 Å². The minimum atomic E-state index is -3.70. The standard InChI is InChI=1S/C22H25N3O4S2/c1-3-10-25-19-9-8-17(15-20(19)30-22(25)27)31(28,29)24-13-11-23(12-14-24)21(26)18-7-5-4-6-16(18)2/h4-9,15H,3,10-14H2,1-2H3. The van der Waals surface area contributed by atoms with Crippen LogP contribution in [-0.4, -0.2) is 54.3 Å². The highest BCUT2D eigenvalue weighted by molar-refractivity contribution is 7.89. The van der Waals surface area contributed by atoms with Crippen LogP contribution in [0.4, 0.5) is 0 Å². The molecule has 3 aromatic rings. The van der Waals surface area contributed by atoms with Crippen molar-refractivity contribution in [2.24, 2.45) is 0 Å². The second-order valence-corrected chi connectivity index (χ2v) is 10.6. The molecule has 2 aromatic carbocycles. The van der Waals surface area contributed by atoms with Gasteiger partial charge in [0.25, 0.3) is 5.91 Å². The zero-order chi connectivity index (χ0) is 22.2. The Kier molecular flexibility index (Phi) is 6.00. The first kappa shape index (κ1) is 21.7. The number of nitrogens with zero attached hydrogens (tertiary/aromatic N) is 3. The number of piperazine rings is 1. The molecule has 0 saturated carbocycles. The largest absolute Gasteiger partial charge is 0.336 e. The number of aryl methyl sites for hydroxylation is 2. The minimum absolute atomic E-state index is 0.0707. The molecule has 164 valence electrons. The minimum Gasteiger partial charge on any atom is -0.336 e. The predicted octanol–water partition coefficient (Wildman–Crippen LogP) is 2.93. The molecule has 7 nitrogen and oxygen atoms in total. The first-order valence-electron chi connectivity index (χ1n) is 10.3. The molecule has 1 fully saturated rings. The fraction of sp³-hybridized carbons (Fsp3) is 0.364. The van der Waals surface area contributed by atoms with E-state index < -0.39 is 10.0 Å². The molecule has 2 heterocycles. The summed E-state index contributed by atoms with van der Waals surface area (Å²) in [4.78, 5) is 26.8. The molecule has 0 N–H and O–H groups in total. The Bertz CT molecular complexity index is 1290. The van der Waals surface area contributed by atoms with Crippen LogP contribution in [-0.2, 0) is 16.6 Å². The molecular weight excluding hydrogens is 434 g/mol. The van der Waals surface area contributed by atoms with E-state index in [1.165, 1.54) is 4.31 Å². The third kappa shape index (κ3) is 4.05. The van der Waals surface area contributed by atoms with E-state index in [1.807, 2.05) is 32.0 Å². The third-order valence-corrected chi connectivity index (χ3v) is 8.46. The summed E-state index contributed by atoms with van der Waals surface area (Å²) in [5.41, 5.74) is 2.32. The molecule has 1 aromatic heterocycles. The molecule has 4 rings (SSSR count). The summed E-state index contributed by atoms with van der Waals surface area (Å²) in [6, 6.07) is 12.3. The van der Waals surface area contributed by atoms with E-state index in [0.717, 1.165) is 28.8 Å². The fourth-order valence-corrected chi connectivity index (χ4v) is 6.39. The number of sulfonamides is 1. The second kappa shape index (κ2) is 8.57. The van der Waals surface area contributed by atoms with Crippen LogP contribution in [0.2, 0.25) is 0 Å². The Labute approximate surface area is 185 Å². The summed E-state index contributed by atoms with van der Waals surface area (Å²) in [5.74, 6) is -0.0707. The average molecular weight is 460 g/mol. The molecule has 0 atom stereocenters. The average Bonchev–Trinajstić information content (AvgIpc) is 3.08. The monoisotopic (exact) mass is 459 g/mol. The van der Waals surface area contributed by atoms with Crippen LogP contribution in [0.15, 0.2) is 52.2 Å². The summed E-state index contributed by atoms with van der Waals surface area (Å²) in [6.45, 7) is 5.67. The van der Waals surface area contributed by atoms with Gasteiger partial charge in [0, 0.05) is 38.3 Å². The topological polar surface area (TPSA) is 79.7 Å². The van der Waals surface area contributed by atoms with Gasteiger partial charge in [-0.1, -0.05) is 36.5 Å². The number of rotatable bonds is 5. The number of aromatic nitrogens is 1. The summed E-state index contributed by atoms with van der Waals surface area (Å²) < 4.78 is 30.2. The fourth-order valence-electron chi connectivity index (χ4n) is 3.91. The van der Waals surface area contributed by atoms with E-state index in [4.69, 9.17) is 0 Å². The lowest BCUT2D eigenvalue weighted by atomic mass is 10.1. The Hall–Kier alpha value is -2.49. The number of hydrogen-bond donors (Lipinski definition) is 0. The molecule has 1 amide bonds. The van der Waals surface area contributed by atoms with Gasteiger partial charge in [-0.25, -0.2) is 8.42 Å². The molecule has 0 aliphatic carbocycles. The van der Waals surface area contributed by atoms with Crippen molar-refractivity contribution in [1.29, 1.82) is 0 Å². The van der Waals surface area contributed by atoms with Crippen molar-refractivity contribution < 1.29 is 13.2 Å². The van der Waals surface area contributed by atoms with Crippen LogP contribution < -0.4 is 4.87 Å². The number of carbonyl (C=O) groups is 1. The van der Waals surface area contributed by atoms with Gasteiger partial charge in [0.1, 0.15) is 0 Å². The smallest absolute Gasteiger partial charge is 0.308 e. The van der Waals surface area contributed by atoms with Crippen molar-refractivity contribution in [1.82, 2.24) is 13.8 Å². The maximum atomic E-state index is 13.2. The van der Waals surface area contributed by atoms with Gasteiger partial charge >= 0.3 is 4.87 Å². The summed E-state index contributed by atoms with van der Waals surface area (Å²) in [6.07, 6.45) is 0.831. The SMILES string of the molecule is CCCn1c(=O)sc2cc(S(=O)(=O)N3CCN(C(=O)c4ccccc4C)CC3)ccc21. The van der Waals surface area contributed by atoms with Gasteiger partial charge in [0.2, 0.25) is 10.0 Å². The first-order valence-corrected chi connectivity index (χ1v) is 12.6. The Morgan fingerprint density at radius 3 is 2.45 bits per heavy atom. The Balaban J connectivity index is 1.52. The van der Waals surface area contributed by atoms with Gasteiger partial charge in [0.05, 0.1) is 15.1 Å². The van der Waals surface area contributed by atoms with Crippen molar-refractivity contribution in [3.63, 3.8) is 0 Å². The molecule has 0 spiro atoms. The quantitative estimate of drug-likeness (QED) is 0.588. The van der Waals surface area contributed by atoms with Crippen LogP contribution in [0, 0.1) is 6.92 Å². The summed E-state index contributed by atoms with van der Waals surface area (Å²) in [7, 11) is -3.70. The van der Waals surface area contributed by atoms with Crippen molar-refractivity contribution in [3.8, 4) is 0 Å². The lowest BCUT2D eigenvalue weighted by molar-refractivity contribution is 0.0697. The molecule has 9 heteroatoms. The van der Waals surface area contributed by atoms with Gasteiger partial charge < -0.3 is 4.90 Å². The van der Waals surface area contributed by atoms with E-state index in [-0.39, 0.29) is 28.8 Å². The highest BCUT2D eigenvalue weighted by Crippen LogP contribution is 2.25. The van der Waals surface area contributed by atoms with E-state index in [0.29, 0.717) is 29.9 Å². The highest BCUT2D eigenvalue weighted by Gasteiger charge is 2.31. The highest BCUT2D eigenvalue weighted by atomic mass is 32.2. The molecule has 1 saturated heterocycles. The van der Waals surface area contributed by atoms with E-state index in [1.54, 1.807) is 33.7 Å². The van der Waals surface area contributed by atoms with Gasteiger partial charge in [-0.2, -0.15) is 4.31 Å². The molecule has 0 radical (unpaired) electrons. The lowest BCUT2D eigenvalue weighted by Crippen LogP contribution is -2.50. The van der Waals surface area contributed by atoms with E-state index in [2.05, 4.69) is 0 Å². The zero-order valence-electron chi connectivity index (χ0n) is 17.6. The number of thiazole rings is 1. The van der Waals surface area contributed by atoms with Crippen LogP contribution in [0.1, 0.15) is 29.3 Å². The van der Waals surface area contributed by atoms with Crippen molar-refractivity contribution >= 4 is 37.5 Å². The van der Waals surface area contributed by atoms with Crippen molar-refractivity contribution in [2.75, 3.05) is 26.2 Å². The number of hydrogen-bond acceptors (Lipinski definition) is 5. The zero-order valence-corrected chi connectivity index (χ0v) is 19.2. The maximum Gasteiger partial charge on any atom is 0.308 e. The van der Waals surface area contributed by atoms with Crippen LogP contribution >= 0.6 is 11.3 Å². The van der Waals surface area contributed by atoms with Crippen LogP contribution in [0.5, 0.6) is 0 Å². The molecule has 1 aliphatic heterocycles. The van der Waals surface area contributed by atoms with E-state index in [9.17, 15) is 18.0 Å². The molecule has 31 heavy (non-hydrogen) atoms. The number of carbonyl (C=O) groups excluding carboxylic acids is 1. The number of benzene rings is 2. The summed E-state index contributed by atoms with van der Waals surface area (Å²) in [5, 5.41) is 0. The van der Waals surface area contributed by atoms with Gasteiger partial charge in [-0.15, -0.1) is 0 Å². The van der Waals surface area contributed by atoms with Crippen molar-refractivity contribution in [2.45, 2.75) is 31.7 Å². The predicted molar refractivity (Wildman–Crippen MR) is 122 cm³/mol. The summed E-state index contributed by atoms with van der Waals surface area (Å²) >= 11 is 1.07. The lowest BCUT2D eigenvalue weighted by Gasteiger charge is -2.34. The van der Waals surface area contributed by atoms with Gasteiger partial charge in [0.15, 0.2) is 0 Å². The van der Waals surface area contributed by atoms with Crippen molar-refractivity contribution in [3.05, 3.63) is 63.3 Å². The molecule has 0 unspecified atom stereocenters. The molecule has 1 aliphatic rings. The van der Waals surface area contributed by atoms with Gasteiger partial charge in [-0.3, -0.25) is 14.2 Å². The van der Waals surface area contributed by atoms with E-state index >= 15 is 0 Å². The van der Waals surface area contributed by atoms with Crippen LogP contribution in [0.25, 0.3) is 10.2 Å². The Morgan fingerprint density at radius 2 is 1.77 bits per heavy atom. The normalized spacial score (nSPS) is 15.5. The third-order valence-electron chi connectivity index (χ3n) is 5.63. The molecular formula is C22H25N3O4S2. The second-order valence-electron chi connectivity index (χ2n) is 7.66. The number of amides is 1. The first-order chi connectivity index (χ1) is 14.8. The van der Waals surface area contributed by atoms with Crippen LogP contribution in [0.3, 0.4) is 0 Å².